The molecule has 0 aliphatic carbocycles. The van der Waals surface area contributed by atoms with Gasteiger partial charge in [-0.15, -0.1) is 0 Å². The molecule has 0 nitrogen and oxygen atoms in total. The van der Waals surface area contributed by atoms with Crippen LogP contribution in [0, 0.1) is 0 Å². The van der Waals surface area contributed by atoms with Gasteiger partial charge in [0.25, 0.3) is 0 Å². The van der Waals surface area contributed by atoms with Gasteiger partial charge in [0, 0.05) is 0 Å². The first-order valence-electron chi connectivity index (χ1n) is 9.25. The molecular weight excluding hydrogens is 447 g/mol. The van der Waals surface area contributed by atoms with Gasteiger partial charge in [0.05, 0.1) is 0 Å². The zero-order chi connectivity index (χ0) is 19.5. The van der Waals surface area contributed by atoms with Crippen LogP contribution in [0.15, 0.2) is 115 Å². The first-order chi connectivity index (χ1) is 13.6. The summed E-state index contributed by atoms with van der Waals surface area (Å²) < 4.78 is 0. The SMILES string of the molecule is Clc1ccc(CP(Br)(c2ccccc2)(c2ccccc2)c2ccccc2)cc1. The first-order valence-corrected chi connectivity index (χ1v) is 14.1. The normalized spacial score (nSPS) is 12.9. The Labute approximate surface area is 179 Å². The van der Waals surface area contributed by atoms with Crippen molar-refractivity contribution in [1.29, 1.82) is 0 Å². The molecule has 0 saturated heterocycles. The maximum atomic E-state index is 6.17. The van der Waals surface area contributed by atoms with Crippen LogP contribution in [0.25, 0.3) is 0 Å². The van der Waals surface area contributed by atoms with Crippen LogP contribution in [0.5, 0.6) is 0 Å². The van der Waals surface area contributed by atoms with Gasteiger partial charge in [-0.25, -0.2) is 0 Å². The van der Waals surface area contributed by atoms with Gasteiger partial charge in [-0.1, -0.05) is 0 Å². The molecule has 0 fully saturated rings. The fraction of sp³-hybridized carbons (Fsp3) is 0.0400. The third kappa shape index (κ3) is 3.33. The summed E-state index contributed by atoms with van der Waals surface area (Å²) in [5, 5.41) is 1.79. The second-order valence-electron chi connectivity index (χ2n) is 6.97. The summed E-state index contributed by atoms with van der Waals surface area (Å²) >= 11 is 10.6. The molecule has 0 unspecified atom stereocenters. The van der Waals surface area contributed by atoms with E-state index in [9.17, 15) is 0 Å². The number of halogens is 2. The molecule has 0 radical (unpaired) electrons. The molecule has 0 amide bonds. The standard InChI is InChI=1S/C25H21BrClP/c26-28(23-10-4-1-5-11-23,24-12-6-2-7-13-24,25-14-8-3-9-15-25)20-21-16-18-22(27)19-17-21/h1-19H,20H2. The van der Waals surface area contributed by atoms with E-state index in [-0.39, 0.29) is 0 Å². The van der Waals surface area contributed by atoms with Crippen molar-refractivity contribution in [1.82, 2.24) is 0 Å². The van der Waals surface area contributed by atoms with Gasteiger partial charge in [-0.3, -0.25) is 0 Å². The minimum atomic E-state index is -2.93. The fourth-order valence-corrected chi connectivity index (χ4v) is 11.7. The van der Waals surface area contributed by atoms with Crippen LogP contribution in [-0.4, -0.2) is 0 Å². The van der Waals surface area contributed by atoms with E-state index in [0.29, 0.717) is 0 Å². The number of hydrogen-bond donors (Lipinski definition) is 0. The van der Waals surface area contributed by atoms with Gasteiger partial charge in [-0.2, -0.15) is 0 Å². The summed E-state index contributed by atoms with van der Waals surface area (Å²) in [5.41, 5.74) is 1.26. The summed E-state index contributed by atoms with van der Waals surface area (Å²) in [4.78, 5) is 0. The zero-order valence-corrected chi connectivity index (χ0v) is 18.6. The second kappa shape index (κ2) is 7.84. The molecule has 0 aliphatic heterocycles. The molecule has 140 valence electrons. The van der Waals surface area contributed by atoms with E-state index in [2.05, 4.69) is 119 Å². The van der Waals surface area contributed by atoms with Crippen LogP contribution >= 0.6 is 32.4 Å². The van der Waals surface area contributed by atoms with Gasteiger partial charge in [0.15, 0.2) is 0 Å². The zero-order valence-electron chi connectivity index (χ0n) is 15.4. The molecule has 0 N–H and O–H groups in total. The molecule has 4 aromatic rings. The van der Waals surface area contributed by atoms with Gasteiger partial charge in [0.2, 0.25) is 0 Å². The molecule has 0 saturated carbocycles. The van der Waals surface area contributed by atoms with Crippen LogP contribution in [0.4, 0.5) is 0 Å². The van der Waals surface area contributed by atoms with E-state index >= 15 is 0 Å². The summed E-state index contributed by atoms with van der Waals surface area (Å²) in [6.45, 7) is 0. The topological polar surface area (TPSA) is 0 Å². The summed E-state index contributed by atoms with van der Waals surface area (Å²) in [7, 11) is 0. The Kier molecular flexibility index (Phi) is 5.43. The Hall–Kier alpha value is -1.92. The average molecular weight is 468 g/mol. The van der Waals surface area contributed by atoms with Gasteiger partial charge < -0.3 is 0 Å². The van der Waals surface area contributed by atoms with Crippen LogP contribution < -0.4 is 15.9 Å². The Bertz CT molecular complexity index is 949. The van der Waals surface area contributed by atoms with Gasteiger partial charge >= 0.3 is 180 Å². The van der Waals surface area contributed by atoms with E-state index in [1.807, 2.05) is 12.1 Å². The van der Waals surface area contributed by atoms with Gasteiger partial charge in [-0.05, 0) is 0 Å². The fourth-order valence-electron chi connectivity index (χ4n) is 3.87. The Morgan fingerprint density at radius 3 is 1.25 bits per heavy atom. The quantitative estimate of drug-likeness (QED) is 0.287. The minimum absolute atomic E-state index is 0.762. The number of hydrogen-bond acceptors (Lipinski definition) is 0. The van der Waals surface area contributed by atoms with Crippen molar-refractivity contribution in [2.75, 3.05) is 0 Å². The van der Waals surface area contributed by atoms with Crippen molar-refractivity contribution in [2.24, 2.45) is 0 Å². The maximum absolute atomic E-state index is 6.17. The van der Waals surface area contributed by atoms with Crippen molar-refractivity contribution in [2.45, 2.75) is 6.16 Å². The van der Waals surface area contributed by atoms with E-state index in [1.165, 1.54) is 21.5 Å². The molecule has 3 heteroatoms. The van der Waals surface area contributed by atoms with E-state index in [0.717, 1.165) is 11.2 Å². The molecule has 0 aromatic heterocycles. The van der Waals surface area contributed by atoms with Crippen LogP contribution in [0.2, 0.25) is 5.02 Å². The average Bonchev–Trinajstić information content (AvgIpc) is 2.77. The molecule has 0 atom stereocenters. The van der Waals surface area contributed by atoms with Crippen molar-refractivity contribution >= 4 is 48.3 Å². The number of rotatable bonds is 5. The third-order valence-corrected chi connectivity index (χ3v) is 15.0. The Morgan fingerprint density at radius 2 is 0.893 bits per heavy atom. The van der Waals surface area contributed by atoms with E-state index < -0.39 is 5.31 Å². The monoisotopic (exact) mass is 466 g/mol. The predicted molar refractivity (Wildman–Crippen MR) is 129 cm³/mol. The van der Waals surface area contributed by atoms with E-state index in [1.54, 1.807) is 0 Å². The van der Waals surface area contributed by atoms with Crippen molar-refractivity contribution in [3.63, 3.8) is 0 Å². The molecule has 28 heavy (non-hydrogen) atoms. The van der Waals surface area contributed by atoms with E-state index in [4.69, 9.17) is 11.6 Å². The molecule has 0 spiro atoms. The Balaban J connectivity index is 2.07. The summed E-state index contributed by atoms with van der Waals surface area (Å²) in [6.07, 6.45) is 0.876. The molecule has 0 bridgehead atoms. The molecule has 0 aliphatic rings. The van der Waals surface area contributed by atoms with Crippen LogP contribution in [-0.2, 0) is 6.16 Å². The molecule has 4 aromatic carbocycles. The van der Waals surface area contributed by atoms with Crippen LogP contribution in [0.1, 0.15) is 5.56 Å². The van der Waals surface area contributed by atoms with Gasteiger partial charge in [0.1, 0.15) is 0 Å². The summed E-state index contributed by atoms with van der Waals surface area (Å²) in [6, 6.07) is 40.8. The van der Waals surface area contributed by atoms with Crippen molar-refractivity contribution in [3.05, 3.63) is 126 Å². The summed E-state index contributed by atoms with van der Waals surface area (Å²) in [5.74, 6) is 0. The van der Waals surface area contributed by atoms with Crippen LogP contribution in [0.3, 0.4) is 0 Å². The predicted octanol–water partition coefficient (Wildman–Crippen LogP) is 6.68. The third-order valence-electron chi connectivity index (χ3n) is 5.28. The molecule has 4 rings (SSSR count). The molecule has 0 heterocycles. The van der Waals surface area contributed by atoms with Crippen molar-refractivity contribution in [3.8, 4) is 0 Å². The molecular formula is C25H21BrClP. The second-order valence-corrected chi connectivity index (χ2v) is 16.3. The number of benzene rings is 4. The first kappa shape index (κ1) is 19.4. The van der Waals surface area contributed by atoms with Crippen molar-refractivity contribution < 1.29 is 0 Å². The Morgan fingerprint density at radius 1 is 0.536 bits per heavy atom.